The molecule has 0 aliphatic carbocycles. The summed E-state index contributed by atoms with van der Waals surface area (Å²) in [6.45, 7) is 3.58. The molecule has 1 N–H and O–H groups in total. The van der Waals surface area contributed by atoms with Crippen LogP contribution < -0.4 is 9.62 Å². The molecule has 4 aromatic rings. The molecule has 1 atom stereocenters. The maximum atomic E-state index is 14.5. The van der Waals surface area contributed by atoms with E-state index in [-0.39, 0.29) is 35.4 Å². The van der Waals surface area contributed by atoms with Gasteiger partial charge in [-0.3, -0.25) is 13.9 Å². The molecule has 0 heterocycles. The third-order valence-electron chi connectivity index (χ3n) is 7.07. The van der Waals surface area contributed by atoms with Gasteiger partial charge in [0.25, 0.3) is 10.0 Å². The average Bonchev–Trinajstić information content (AvgIpc) is 3.03. The Morgan fingerprint density at radius 2 is 1.36 bits per heavy atom. The molecular formula is C34H34Cl3N3O4S. The van der Waals surface area contributed by atoms with E-state index in [4.69, 9.17) is 34.8 Å². The third kappa shape index (κ3) is 9.01. The minimum absolute atomic E-state index is 0.00367. The van der Waals surface area contributed by atoms with Crippen LogP contribution in [-0.4, -0.2) is 44.3 Å². The molecule has 0 radical (unpaired) electrons. The summed E-state index contributed by atoms with van der Waals surface area (Å²) in [4.78, 5) is 29.7. The van der Waals surface area contributed by atoms with Crippen LogP contribution in [0.5, 0.6) is 0 Å². The van der Waals surface area contributed by atoms with Gasteiger partial charge in [-0.05, 0) is 60.0 Å². The van der Waals surface area contributed by atoms with Crippen molar-refractivity contribution < 1.29 is 18.0 Å². The van der Waals surface area contributed by atoms with Gasteiger partial charge in [0, 0.05) is 40.1 Å². The van der Waals surface area contributed by atoms with Gasteiger partial charge in [-0.25, -0.2) is 8.42 Å². The fourth-order valence-electron chi connectivity index (χ4n) is 4.69. The number of hydrogen-bond donors (Lipinski definition) is 1. The molecule has 0 spiro atoms. The van der Waals surface area contributed by atoms with Crippen LogP contribution in [0, 0.1) is 5.92 Å². The summed E-state index contributed by atoms with van der Waals surface area (Å²) in [5.41, 5.74) is 1.49. The summed E-state index contributed by atoms with van der Waals surface area (Å²) in [6, 6.07) is 27.3. The number of amides is 2. The molecule has 0 aromatic heterocycles. The molecule has 45 heavy (non-hydrogen) atoms. The number of rotatable bonds is 13. The van der Waals surface area contributed by atoms with Gasteiger partial charge in [-0.15, -0.1) is 0 Å². The van der Waals surface area contributed by atoms with E-state index >= 15 is 0 Å². The lowest BCUT2D eigenvalue weighted by molar-refractivity contribution is -0.140. The molecule has 0 fully saturated rings. The number of nitrogens with one attached hydrogen (secondary N) is 1. The highest BCUT2D eigenvalue weighted by atomic mass is 35.5. The number of nitrogens with zero attached hydrogens (tertiary/aromatic N) is 2. The van der Waals surface area contributed by atoms with Gasteiger partial charge < -0.3 is 10.2 Å². The first-order valence-corrected chi connectivity index (χ1v) is 16.9. The van der Waals surface area contributed by atoms with Gasteiger partial charge >= 0.3 is 0 Å². The van der Waals surface area contributed by atoms with Crippen molar-refractivity contribution >= 4 is 62.3 Å². The van der Waals surface area contributed by atoms with Crippen LogP contribution >= 0.6 is 34.8 Å². The van der Waals surface area contributed by atoms with Gasteiger partial charge in [0.15, 0.2) is 0 Å². The number of sulfonamides is 1. The summed E-state index contributed by atoms with van der Waals surface area (Å²) in [5.74, 6) is -0.848. The average molecular weight is 687 g/mol. The van der Waals surface area contributed by atoms with Crippen molar-refractivity contribution in [2.75, 3.05) is 17.4 Å². The molecule has 0 saturated carbocycles. The second-order valence-electron chi connectivity index (χ2n) is 10.9. The Kier molecular flexibility index (Phi) is 11.9. The van der Waals surface area contributed by atoms with Gasteiger partial charge in [0.05, 0.1) is 10.6 Å². The molecule has 0 unspecified atom stereocenters. The minimum Gasteiger partial charge on any atom is -0.354 e. The first-order valence-electron chi connectivity index (χ1n) is 14.3. The summed E-state index contributed by atoms with van der Waals surface area (Å²) < 4.78 is 29.1. The highest BCUT2D eigenvalue weighted by Gasteiger charge is 2.35. The van der Waals surface area contributed by atoms with E-state index in [1.54, 1.807) is 48.5 Å². The van der Waals surface area contributed by atoms with Gasteiger partial charge in [-0.2, -0.15) is 0 Å². The minimum atomic E-state index is -4.22. The zero-order chi connectivity index (χ0) is 32.6. The lowest BCUT2D eigenvalue weighted by Crippen LogP contribution is -2.53. The largest absolute Gasteiger partial charge is 0.354 e. The number of carbonyl (C=O) groups is 2. The predicted octanol–water partition coefficient (Wildman–Crippen LogP) is 7.25. The monoisotopic (exact) mass is 685 g/mol. The second-order valence-corrected chi connectivity index (χ2v) is 14.0. The van der Waals surface area contributed by atoms with Crippen LogP contribution in [0.25, 0.3) is 0 Å². The predicted molar refractivity (Wildman–Crippen MR) is 181 cm³/mol. The molecular weight excluding hydrogens is 653 g/mol. The highest BCUT2D eigenvalue weighted by Crippen LogP contribution is 2.29. The Bertz CT molecular complexity index is 1680. The molecule has 7 nitrogen and oxygen atoms in total. The summed E-state index contributed by atoms with van der Waals surface area (Å²) in [7, 11) is -4.22. The van der Waals surface area contributed by atoms with Crippen LogP contribution in [0.4, 0.5) is 5.69 Å². The number of hydrogen-bond acceptors (Lipinski definition) is 4. The van der Waals surface area contributed by atoms with Gasteiger partial charge in [-0.1, -0.05) is 103 Å². The van der Waals surface area contributed by atoms with Crippen LogP contribution in [0.3, 0.4) is 0 Å². The Hall–Kier alpha value is -3.56. The maximum Gasteiger partial charge on any atom is 0.264 e. The number of carbonyl (C=O) groups excluding carboxylic acids is 2. The summed E-state index contributed by atoms with van der Waals surface area (Å²) >= 11 is 19.2. The normalized spacial score (nSPS) is 12.0. The van der Waals surface area contributed by atoms with E-state index < -0.39 is 28.5 Å². The van der Waals surface area contributed by atoms with Crippen molar-refractivity contribution in [2.45, 2.75) is 37.8 Å². The summed E-state index contributed by atoms with van der Waals surface area (Å²) in [5, 5.41) is 3.98. The summed E-state index contributed by atoms with van der Waals surface area (Å²) in [6.07, 6.45) is 0.172. The quantitative estimate of drug-likeness (QED) is 0.161. The first kappa shape index (κ1) is 34.3. The molecule has 0 aliphatic heterocycles. The SMILES string of the molecule is CC(C)CNC(=O)[C@H](Cc1ccccc1)N(Cc1c(Cl)cccc1Cl)C(=O)CN(c1ccc(Cl)cc1)S(=O)(=O)c1ccccc1. The fraction of sp³-hybridized carbons (Fsp3) is 0.235. The van der Waals surface area contributed by atoms with E-state index in [2.05, 4.69) is 5.32 Å². The zero-order valence-electron chi connectivity index (χ0n) is 24.9. The van der Waals surface area contributed by atoms with Gasteiger partial charge in [0.1, 0.15) is 12.6 Å². The van der Waals surface area contributed by atoms with Crippen molar-refractivity contribution in [3.8, 4) is 0 Å². The highest BCUT2D eigenvalue weighted by molar-refractivity contribution is 7.92. The van der Waals surface area contributed by atoms with Crippen molar-refractivity contribution in [3.63, 3.8) is 0 Å². The lowest BCUT2D eigenvalue weighted by Gasteiger charge is -2.34. The second kappa shape index (κ2) is 15.6. The third-order valence-corrected chi connectivity index (χ3v) is 9.82. The number of benzene rings is 4. The van der Waals surface area contributed by atoms with Crippen LogP contribution in [0.1, 0.15) is 25.0 Å². The van der Waals surface area contributed by atoms with Crippen molar-refractivity contribution in [3.05, 3.63) is 129 Å². The first-order chi connectivity index (χ1) is 21.5. The van der Waals surface area contributed by atoms with Crippen LogP contribution in [0.2, 0.25) is 15.1 Å². The van der Waals surface area contributed by atoms with E-state index in [1.165, 1.54) is 29.2 Å². The van der Waals surface area contributed by atoms with Crippen molar-refractivity contribution in [1.29, 1.82) is 0 Å². The standard InChI is InChI=1S/C34H34Cl3N3O4S/c1-24(2)21-38-34(42)32(20-25-10-5-3-6-11-25)39(22-29-30(36)14-9-15-31(29)37)33(41)23-40(27-18-16-26(35)17-19-27)45(43,44)28-12-7-4-8-13-28/h3-19,24,32H,20-23H2,1-2H3,(H,38,42)/t32-/m0/s1. The Morgan fingerprint density at radius 3 is 1.93 bits per heavy atom. The maximum absolute atomic E-state index is 14.5. The van der Waals surface area contributed by atoms with E-state index in [1.807, 2.05) is 44.2 Å². The molecule has 11 heteroatoms. The van der Waals surface area contributed by atoms with Gasteiger partial charge in [0.2, 0.25) is 11.8 Å². The van der Waals surface area contributed by atoms with Crippen LogP contribution in [-0.2, 0) is 32.6 Å². The molecule has 0 saturated heterocycles. The lowest BCUT2D eigenvalue weighted by atomic mass is 10.0. The molecule has 4 rings (SSSR count). The molecule has 0 bridgehead atoms. The fourth-order valence-corrected chi connectivity index (χ4v) is 6.76. The number of anilines is 1. The van der Waals surface area contributed by atoms with Crippen molar-refractivity contribution in [1.82, 2.24) is 10.2 Å². The zero-order valence-corrected chi connectivity index (χ0v) is 28.0. The van der Waals surface area contributed by atoms with E-state index in [0.717, 1.165) is 9.87 Å². The van der Waals surface area contributed by atoms with Crippen molar-refractivity contribution in [2.24, 2.45) is 5.92 Å². The Morgan fingerprint density at radius 1 is 0.778 bits per heavy atom. The Labute approximate surface area is 279 Å². The van der Waals surface area contributed by atoms with E-state index in [9.17, 15) is 18.0 Å². The number of halogens is 3. The van der Waals surface area contributed by atoms with Crippen LogP contribution in [0.15, 0.2) is 108 Å². The molecule has 4 aromatic carbocycles. The smallest absolute Gasteiger partial charge is 0.264 e. The Balaban J connectivity index is 1.82. The molecule has 0 aliphatic rings. The molecule has 2 amide bonds. The molecule has 236 valence electrons. The topological polar surface area (TPSA) is 86.8 Å². The van der Waals surface area contributed by atoms with E-state index in [0.29, 0.717) is 27.2 Å².